The fraction of sp³-hybridized carbons (Fsp3) is 0.318. The highest BCUT2D eigenvalue weighted by Gasteiger charge is 2.12. The number of hydrogen-bond donors (Lipinski definition) is 0. The standard InChI is InChI=1S/C22H25BNO3/c1-23-27-22(18-8-12-20(26-2)13-9-18)16-21(25)17-6-10-19(11-7-17)24-14-4-3-5-15-24/h6-13,16H,3-5,14-15H2,1-2H3/b22-16-. The van der Waals surface area contributed by atoms with E-state index in [0.29, 0.717) is 11.3 Å². The third-order valence-corrected chi connectivity index (χ3v) is 4.75. The zero-order chi connectivity index (χ0) is 19.1. The molecule has 0 saturated carbocycles. The van der Waals surface area contributed by atoms with Crippen molar-refractivity contribution in [2.24, 2.45) is 0 Å². The largest absolute Gasteiger partial charge is 0.563 e. The zero-order valence-corrected chi connectivity index (χ0v) is 16.0. The molecule has 0 bridgehead atoms. The van der Waals surface area contributed by atoms with Crippen LogP contribution in [-0.4, -0.2) is 33.5 Å². The Bertz CT molecular complexity index is 778. The summed E-state index contributed by atoms with van der Waals surface area (Å²) in [4.78, 5) is 15.1. The van der Waals surface area contributed by atoms with E-state index in [-0.39, 0.29) is 5.78 Å². The Balaban J connectivity index is 1.77. The number of nitrogens with zero attached hydrogens (tertiary/aromatic N) is 1. The second-order valence-corrected chi connectivity index (χ2v) is 6.55. The molecule has 4 nitrogen and oxygen atoms in total. The number of benzene rings is 2. The molecule has 1 aliphatic heterocycles. The molecule has 1 radical (unpaired) electrons. The van der Waals surface area contributed by atoms with Crippen molar-refractivity contribution in [3.05, 3.63) is 65.7 Å². The summed E-state index contributed by atoms with van der Waals surface area (Å²) in [6.07, 6.45) is 5.32. The van der Waals surface area contributed by atoms with Gasteiger partial charge < -0.3 is 14.3 Å². The molecule has 139 valence electrons. The van der Waals surface area contributed by atoms with Crippen molar-refractivity contribution in [3.63, 3.8) is 0 Å². The fourth-order valence-corrected chi connectivity index (χ4v) is 3.26. The second-order valence-electron chi connectivity index (χ2n) is 6.55. The molecule has 1 heterocycles. The highest BCUT2D eigenvalue weighted by atomic mass is 16.5. The molecule has 2 aromatic carbocycles. The van der Waals surface area contributed by atoms with Crippen LogP contribution in [-0.2, 0) is 4.65 Å². The summed E-state index contributed by atoms with van der Waals surface area (Å²) in [7, 11) is 3.20. The van der Waals surface area contributed by atoms with Gasteiger partial charge in [-0.25, -0.2) is 0 Å². The molecule has 0 amide bonds. The van der Waals surface area contributed by atoms with Crippen LogP contribution in [0.25, 0.3) is 5.76 Å². The molecule has 3 rings (SSSR count). The summed E-state index contributed by atoms with van der Waals surface area (Å²) in [5, 5.41) is 0. The maximum absolute atomic E-state index is 12.7. The summed E-state index contributed by atoms with van der Waals surface area (Å²) >= 11 is 0. The topological polar surface area (TPSA) is 38.8 Å². The van der Waals surface area contributed by atoms with E-state index in [1.165, 1.54) is 31.0 Å². The van der Waals surface area contributed by atoms with Crippen LogP contribution in [0.5, 0.6) is 5.75 Å². The smallest absolute Gasteiger partial charge is 0.366 e. The predicted octanol–water partition coefficient (Wildman–Crippen LogP) is 4.59. The molecule has 1 fully saturated rings. The molecular formula is C22H25BNO3. The summed E-state index contributed by atoms with van der Waals surface area (Å²) in [6, 6.07) is 15.3. The number of hydrogen-bond acceptors (Lipinski definition) is 4. The van der Waals surface area contributed by atoms with Crippen LogP contribution in [0.1, 0.15) is 35.2 Å². The van der Waals surface area contributed by atoms with Crippen LogP contribution in [0.4, 0.5) is 5.69 Å². The number of methoxy groups -OCH3 is 1. The highest BCUT2D eigenvalue weighted by molar-refractivity contribution is 6.27. The van der Waals surface area contributed by atoms with Crippen LogP contribution in [0.2, 0.25) is 6.82 Å². The Morgan fingerprint density at radius 2 is 1.59 bits per heavy atom. The van der Waals surface area contributed by atoms with Gasteiger partial charge in [0.2, 0.25) is 0 Å². The Labute approximate surface area is 162 Å². The van der Waals surface area contributed by atoms with Crippen LogP contribution < -0.4 is 9.64 Å². The van der Waals surface area contributed by atoms with Gasteiger partial charge in [0.1, 0.15) is 11.5 Å². The van der Waals surface area contributed by atoms with Crippen LogP contribution >= 0.6 is 0 Å². The van der Waals surface area contributed by atoms with Crippen molar-refractivity contribution in [2.75, 3.05) is 25.1 Å². The predicted molar refractivity (Wildman–Crippen MR) is 111 cm³/mol. The Morgan fingerprint density at radius 1 is 0.963 bits per heavy atom. The van der Waals surface area contributed by atoms with Crippen LogP contribution in [0.15, 0.2) is 54.6 Å². The van der Waals surface area contributed by atoms with Crippen molar-refractivity contribution in [1.29, 1.82) is 0 Å². The second kappa shape index (κ2) is 9.31. The van der Waals surface area contributed by atoms with Gasteiger partial charge in [-0.3, -0.25) is 4.79 Å². The molecule has 27 heavy (non-hydrogen) atoms. The zero-order valence-electron chi connectivity index (χ0n) is 16.0. The van der Waals surface area contributed by atoms with E-state index in [1.807, 2.05) is 48.5 Å². The first kappa shape index (κ1) is 19.1. The SMILES string of the molecule is C[B]O/C(=C\C(=O)c1ccc(N2CCCCC2)cc1)c1ccc(OC)cc1. The number of allylic oxidation sites excluding steroid dienone is 1. The van der Waals surface area contributed by atoms with Gasteiger partial charge in [0, 0.05) is 36.0 Å². The lowest BCUT2D eigenvalue weighted by atomic mass is 10.0. The number of ether oxygens (including phenoxy) is 1. The highest BCUT2D eigenvalue weighted by Crippen LogP contribution is 2.23. The number of piperidine rings is 1. The first-order chi connectivity index (χ1) is 13.2. The lowest BCUT2D eigenvalue weighted by molar-refractivity contribution is 0.104. The maximum Gasteiger partial charge on any atom is 0.366 e. The molecule has 0 aromatic heterocycles. The molecule has 0 N–H and O–H groups in total. The van der Waals surface area contributed by atoms with Gasteiger partial charge in [0.05, 0.1) is 7.11 Å². The van der Waals surface area contributed by atoms with E-state index >= 15 is 0 Å². The van der Waals surface area contributed by atoms with Gasteiger partial charge in [-0.15, -0.1) is 0 Å². The fourth-order valence-electron chi connectivity index (χ4n) is 3.26. The Kier molecular flexibility index (Phi) is 6.58. The third kappa shape index (κ3) is 4.94. The lowest BCUT2D eigenvalue weighted by Crippen LogP contribution is -2.29. The molecule has 0 spiro atoms. The van der Waals surface area contributed by atoms with E-state index in [1.54, 1.807) is 21.4 Å². The van der Waals surface area contributed by atoms with Crippen LogP contribution in [0.3, 0.4) is 0 Å². The summed E-state index contributed by atoms with van der Waals surface area (Å²) in [5.74, 6) is 1.20. The van der Waals surface area contributed by atoms with Gasteiger partial charge in [-0.05, 0) is 67.8 Å². The van der Waals surface area contributed by atoms with Crippen molar-refractivity contribution in [1.82, 2.24) is 0 Å². The van der Waals surface area contributed by atoms with Gasteiger partial charge in [0.15, 0.2) is 5.78 Å². The normalized spacial score (nSPS) is 14.6. The van der Waals surface area contributed by atoms with Crippen molar-refractivity contribution in [3.8, 4) is 5.75 Å². The minimum atomic E-state index is -0.0761. The molecule has 0 aliphatic carbocycles. The minimum Gasteiger partial charge on any atom is -0.563 e. The van der Waals surface area contributed by atoms with Gasteiger partial charge >= 0.3 is 7.48 Å². The van der Waals surface area contributed by atoms with Crippen molar-refractivity contribution < 1.29 is 14.2 Å². The Morgan fingerprint density at radius 3 is 2.19 bits per heavy atom. The first-order valence-electron chi connectivity index (χ1n) is 9.41. The molecule has 5 heteroatoms. The van der Waals surface area contributed by atoms with E-state index < -0.39 is 0 Å². The van der Waals surface area contributed by atoms with Crippen LogP contribution in [0, 0.1) is 0 Å². The summed E-state index contributed by atoms with van der Waals surface area (Å²) in [6.45, 7) is 3.97. The summed E-state index contributed by atoms with van der Waals surface area (Å²) < 4.78 is 10.8. The minimum absolute atomic E-state index is 0.0761. The molecule has 1 aliphatic rings. The number of carbonyl (C=O) groups excluding carboxylic acids is 1. The van der Waals surface area contributed by atoms with E-state index in [0.717, 1.165) is 24.4 Å². The van der Waals surface area contributed by atoms with Crippen molar-refractivity contribution >= 4 is 24.7 Å². The van der Waals surface area contributed by atoms with Crippen molar-refractivity contribution in [2.45, 2.75) is 26.1 Å². The quantitative estimate of drug-likeness (QED) is 0.313. The first-order valence-corrected chi connectivity index (χ1v) is 9.41. The Hall–Kier alpha value is -2.69. The number of ketones is 1. The average Bonchev–Trinajstić information content (AvgIpc) is 2.74. The van der Waals surface area contributed by atoms with E-state index in [2.05, 4.69) is 4.90 Å². The number of anilines is 1. The third-order valence-electron chi connectivity index (χ3n) is 4.75. The summed E-state index contributed by atoms with van der Waals surface area (Å²) in [5.41, 5.74) is 2.66. The van der Waals surface area contributed by atoms with Gasteiger partial charge in [-0.2, -0.15) is 0 Å². The molecule has 0 atom stereocenters. The lowest BCUT2D eigenvalue weighted by Gasteiger charge is -2.28. The molecular weight excluding hydrogens is 337 g/mol. The molecule has 1 saturated heterocycles. The molecule has 0 unspecified atom stereocenters. The molecule has 2 aromatic rings. The monoisotopic (exact) mass is 362 g/mol. The number of carbonyl (C=O) groups is 1. The maximum atomic E-state index is 12.7. The number of rotatable bonds is 7. The van der Waals surface area contributed by atoms with Gasteiger partial charge in [0.25, 0.3) is 0 Å². The van der Waals surface area contributed by atoms with Gasteiger partial charge in [-0.1, -0.05) is 6.82 Å². The average molecular weight is 362 g/mol. The van der Waals surface area contributed by atoms with E-state index in [4.69, 9.17) is 9.39 Å². The van der Waals surface area contributed by atoms with E-state index in [9.17, 15) is 4.79 Å².